The minimum Gasteiger partial charge on any atom is -0.353 e. The fourth-order valence-corrected chi connectivity index (χ4v) is 3.30. The fraction of sp³-hybridized carbons (Fsp3) is 0.929. The van der Waals surface area contributed by atoms with Crippen molar-refractivity contribution >= 4 is 18.3 Å². The van der Waals surface area contributed by atoms with Gasteiger partial charge in [0.1, 0.15) is 0 Å². The van der Waals surface area contributed by atoms with Crippen molar-refractivity contribution in [1.82, 2.24) is 10.6 Å². The van der Waals surface area contributed by atoms with Crippen LogP contribution in [0, 0.1) is 11.8 Å². The van der Waals surface area contributed by atoms with Gasteiger partial charge < -0.3 is 10.6 Å². The Kier molecular flexibility index (Phi) is 6.44. The number of hydrogen-bond donors (Lipinski definition) is 2. The molecule has 1 heterocycles. The van der Waals surface area contributed by atoms with Crippen molar-refractivity contribution in [3.05, 3.63) is 0 Å². The van der Waals surface area contributed by atoms with Gasteiger partial charge in [-0.3, -0.25) is 4.79 Å². The van der Waals surface area contributed by atoms with Crippen LogP contribution in [-0.4, -0.2) is 24.5 Å². The lowest BCUT2D eigenvalue weighted by Crippen LogP contribution is -2.44. The van der Waals surface area contributed by atoms with Crippen molar-refractivity contribution in [3.63, 3.8) is 0 Å². The summed E-state index contributed by atoms with van der Waals surface area (Å²) in [7, 11) is 0. The maximum Gasteiger partial charge on any atom is 0.221 e. The van der Waals surface area contributed by atoms with Crippen LogP contribution >= 0.6 is 12.4 Å². The summed E-state index contributed by atoms with van der Waals surface area (Å²) in [6, 6.07) is 0.841. The van der Waals surface area contributed by atoms with Crippen molar-refractivity contribution in [2.24, 2.45) is 11.8 Å². The molecule has 2 rings (SSSR count). The minimum absolute atomic E-state index is 0. The average molecular weight is 275 g/mol. The monoisotopic (exact) mass is 274 g/mol. The topological polar surface area (TPSA) is 41.1 Å². The fourth-order valence-electron chi connectivity index (χ4n) is 3.30. The Morgan fingerprint density at radius 3 is 2.67 bits per heavy atom. The van der Waals surface area contributed by atoms with Crippen LogP contribution in [0.3, 0.4) is 0 Å². The van der Waals surface area contributed by atoms with E-state index in [1.165, 1.54) is 19.3 Å². The van der Waals surface area contributed by atoms with Gasteiger partial charge in [-0.1, -0.05) is 13.8 Å². The normalized spacial score (nSPS) is 35.9. The Balaban J connectivity index is 0.00000162. The smallest absolute Gasteiger partial charge is 0.221 e. The van der Waals surface area contributed by atoms with Gasteiger partial charge in [-0.05, 0) is 50.5 Å². The van der Waals surface area contributed by atoms with E-state index in [9.17, 15) is 4.79 Å². The second-order valence-electron chi connectivity index (χ2n) is 6.07. The predicted molar refractivity (Wildman–Crippen MR) is 77.0 cm³/mol. The van der Waals surface area contributed by atoms with Crippen molar-refractivity contribution in [3.8, 4) is 0 Å². The Morgan fingerprint density at radius 1 is 1.28 bits per heavy atom. The van der Waals surface area contributed by atoms with E-state index in [-0.39, 0.29) is 18.3 Å². The van der Waals surface area contributed by atoms with Crippen LogP contribution in [-0.2, 0) is 4.79 Å². The molecule has 2 aliphatic rings. The molecule has 0 aromatic carbocycles. The number of halogens is 1. The summed E-state index contributed by atoms with van der Waals surface area (Å²) in [6.07, 6.45) is 6.72. The van der Waals surface area contributed by atoms with Crippen LogP contribution in [0.5, 0.6) is 0 Å². The second-order valence-corrected chi connectivity index (χ2v) is 6.07. The molecule has 4 unspecified atom stereocenters. The largest absolute Gasteiger partial charge is 0.353 e. The van der Waals surface area contributed by atoms with E-state index in [4.69, 9.17) is 0 Å². The van der Waals surface area contributed by atoms with Crippen LogP contribution < -0.4 is 10.6 Å². The third-order valence-corrected chi connectivity index (χ3v) is 4.37. The highest BCUT2D eigenvalue weighted by atomic mass is 35.5. The third-order valence-electron chi connectivity index (χ3n) is 4.37. The molecule has 0 radical (unpaired) electrons. The number of nitrogens with one attached hydrogen (secondary N) is 2. The first-order valence-electron chi connectivity index (χ1n) is 7.18. The van der Waals surface area contributed by atoms with E-state index < -0.39 is 0 Å². The Labute approximate surface area is 117 Å². The van der Waals surface area contributed by atoms with Crippen molar-refractivity contribution in [2.45, 2.75) is 64.5 Å². The molecular formula is C14H27ClN2O. The van der Waals surface area contributed by atoms with Gasteiger partial charge in [0.05, 0.1) is 0 Å². The molecule has 0 aromatic heterocycles. The molecular weight excluding hydrogens is 248 g/mol. The molecule has 1 amide bonds. The van der Waals surface area contributed by atoms with E-state index in [0.717, 1.165) is 25.3 Å². The zero-order valence-corrected chi connectivity index (χ0v) is 12.4. The Morgan fingerprint density at radius 2 is 2.06 bits per heavy atom. The highest BCUT2D eigenvalue weighted by Crippen LogP contribution is 2.28. The number of rotatable bonds is 3. The molecule has 106 valence electrons. The van der Waals surface area contributed by atoms with Gasteiger partial charge in [-0.2, -0.15) is 0 Å². The SMILES string of the molecule is CC1CCC(NC(=O)CC2CCCN2)C(C)C1.Cl. The highest BCUT2D eigenvalue weighted by molar-refractivity contribution is 5.85. The molecule has 1 saturated heterocycles. The summed E-state index contributed by atoms with van der Waals surface area (Å²) in [5.74, 6) is 1.71. The van der Waals surface area contributed by atoms with Crippen LogP contribution in [0.25, 0.3) is 0 Å². The number of hydrogen-bond acceptors (Lipinski definition) is 2. The third kappa shape index (κ3) is 4.43. The summed E-state index contributed by atoms with van der Waals surface area (Å²) < 4.78 is 0. The van der Waals surface area contributed by atoms with Crippen LogP contribution in [0.2, 0.25) is 0 Å². The number of amides is 1. The van der Waals surface area contributed by atoms with Gasteiger partial charge >= 0.3 is 0 Å². The zero-order valence-electron chi connectivity index (χ0n) is 11.6. The summed E-state index contributed by atoms with van der Waals surface area (Å²) in [6.45, 7) is 5.67. The van der Waals surface area contributed by atoms with Gasteiger partial charge in [0, 0.05) is 18.5 Å². The van der Waals surface area contributed by atoms with Crippen LogP contribution in [0.4, 0.5) is 0 Å². The van der Waals surface area contributed by atoms with Gasteiger partial charge in [0.15, 0.2) is 0 Å². The molecule has 1 saturated carbocycles. The first-order valence-corrected chi connectivity index (χ1v) is 7.18. The first-order chi connectivity index (χ1) is 8.15. The summed E-state index contributed by atoms with van der Waals surface area (Å²) in [5, 5.41) is 6.62. The van der Waals surface area contributed by atoms with E-state index in [0.29, 0.717) is 24.4 Å². The van der Waals surface area contributed by atoms with Crippen molar-refractivity contribution < 1.29 is 4.79 Å². The number of carbonyl (C=O) groups is 1. The van der Waals surface area contributed by atoms with E-state index in [1.807, 2.05) is 0 Å². The molecule has 1 aliphatic heterocycles. The van der Waals surface area contributed by atoms with E-state index in [1.54, 1.807) is 0 Å². The molecule has 2 N–H and O–H groups in total. The highest BCUT2D eigenvalue weighted by Gasteiger charge is 2.27. The lowest BCUT2D eigenvalue weighted by molar-refractivity contribution is -0.122. The van der Waals surface area contributed by atoms with Gasteiger partial charge in [0.2, 0.25) is 5.91 Å². The lowest BCUT2D eigenvalue weighted by atomic mass is 9.80. The Hall–Kier alpha value is -0.280. The van der Waals surface area contributed by atoms with Gasteiger partial charge in [-0.15, -0.1) is 12.4 Å². The van der Waals surface area contributed by atoms with E-state index in [2.05, 4.69) is 24.5 Å². The predicted octanol–water partition coefficient (Wildman–Crippen LogP) is 2.49. The maximum atomic E-state index is 11.9. The van der Waals surface area contributed by atoms with Gasteiger partial charge in [-0.25, -0.2) is 0 Å². The van der Waals surface area contributed by atoms with Crippen molar-refractivity contribution in [1.29, 1.82) is 0 Å². The molecule has 18 heavy (non-hydrogen) atoms. The molecule has 3 nitrogen and oxygen atoms in total. The Bertz CT molecular complexity index is 267. The molecule has 4 atom stereocenters. The second kappa shape index (κ2) is 7.34. The number of carbonyl (C=O) groups excluding carboxylic acids is 1. The lowest BCUT2D eigenvalue weighted by Gasteiger charge is -2.33. The molecule has 4 heteroatoms. The summed E-state index contributed by atoms with van der Waals surface area (Å²) >= 11 is 0. The maximum absolute atomic E-state index is 11.9. The summed E-state index contributed by atoms with van der Waals surface area (Å²) in [4.78, 5) is 11.9. The molecule has 0 aromatic rings. The standard InChI is InChI=1S/C14H26N2O.ClH/c1-10-5-6-13(11(2)8-10)16-14(17)9-12-4-3-7-15-12;/h10-13,15H,3-9H2,1-2H3,(H,16,17);1H. The quantitative estimate of drug-likeness (QED) is 0.830. The van der Waals surface area contributed by atoms with Gasteiger partial charge in [0.25, 0.3) is 0 Å². The molecule has 2 fully saturated rings. The van der Waals surface area contributed by atoms with E-state index >= 15 is 0 Å². The zero-order chi connectivity index (χ0) is 12.3. The van der Waals surface area contributed by atoms with Crippen LogP contribution in [0.15, 0.2) is 0 Å². The van der Waals surface area contributed by atoms with Crippen molar-refractivity contribution in [2.75, 3.05) is 6.54 Å². The minimum atomic E-state index is 0. The molecule has 0 bridgehead atoms. The molecule has 0 spiro atoms. The molecule has 1 aliphatic carbocycles. The summed E-state index contributed by atoms with van der Waals surface area (Å²) in [5.41, 5.74) is 0. The average Bonchev–Trinajstić information content (AvgIpc) is 2.75. The first kappa shape index (κ1) is 15.8. The van der Waals surface area contributed by atoms with Crippen LogP contribution in [0.1, 0.15) is 52.4 Å².